The summed E-state index contributed by atoms with van der Waals surface area (Å²) in [5.74, 6) is 0.829. The first-order valence-electron chi connectivity index (χ1n) is 7.55. The Morgan fingerprint density at radius 2 is 2.19 bits per heavy atom. The van der Waals surface area contributed by atoms with Gasteiger partial charge in [0.2, 0.25) is 0 Å². The minimum Gasteiger partial charge on any atom is -0.451 e. The molecule has 1 aromatic heterocycles. The molecule has 1 saturated carbocycles. The number of carbonyl (C=O) groups is 1. The van der Waals surface area contributed by atoms with Gasteiger partial charge in [0.25, 0.3) is 5.91 Å². The molecule has 4 nitrogen and oxygen atoms in total. The average Bonchev–Trinajstić information content (AvgIpc) is 2.98. The number of hydrogen-bond acceptors (Lipinski definition) is 3. The maximum absolute atomic E-state index is 12.5. The molecule has 0 bridgehead atoms. The van der Waals surface area contributed by atoms with Gasteiger partial charge in [0, 0.05) is 29.5 Å². The first kappa shape index (κ1) is 12.9. The van der Waals surface area contributed by atoms with Crippen LogP contribution >= 0.6 is 0 Å². The van der Waals surface area contributed by atoms with E-state index >= 15 is 0 Å². The van der Waals surface area contributed by atoms with Crippen molar-refractivity contribution < 1.29 is 13.9 Å². The monoisotopic (exact) mass is 285 g/mol. The zero-order valence-electron chi connectivity index (χ0n) is 12.3. The van der Waals surface area contributed by atoms with Crippen molar-refractivity contribution in [2.45, 2.75) is 38.8 Å². The van der Waals surface area contributed by atoms with Crippen LogP contribution in [-0.4, -0.2) is 24.7 Å². The number of furan rings is 1. The van der Waals surface area contributed by atoms with Crippen LogP contribution in [0.1, 0.15) is 34.5 Å². The van der Waals surface area contributed by atoms with Gasteiger partial charge in [-0.3, -0.25) is 4.79 Å². The Hall–Kier alpha value is -1.81. The van der Waals surface area contributed by atoms with E-state index in [1.54, 1.807) is 0 Å². The molecule has 21 heavy (non-hydrogen) atoms. The van der Waals surface area contributed by atoms with E-state index in [9.17, 15) is 4.79 Å². The van der Waals surface area contributed by atoms with Crippen molar-refractivity contribution in [2.24, 2.45) is 5.92 Å². The van der Waals surface area contributed by atoms with Gasteiger partial charge in [-0.2, -0.15) is 0 Å². The van der Waals surface area contributed by atoms with E-state index < -0.39 is 0 Å². The van der Waals surface area contributed by atoms with Crippen molar-refractivity contribution in [2.75, 3.05) is 6.61 Å². The third-order valence-corrected chi connectivity index (χ3v) is 4.88. The second-order valence-corrected chi connectivity index (χ2v) is 6.23. The second kappa shape index (κ2) is 4.60. The molecule has 0 spiro atoms. The quantitative estimate of drug-likeness (QED) is 0.923. The highest BCUT2D eigenvalue weighted by Gasteiger charge is 2.46. The maximum Gasteiger partial charge on any atom is 0.287 e. The third-order valence-electron chi connectivity index (χ3n) is 4.88. The molecule has 4 heteroatoms. The Labute approximate surface area is 123 Å². The Bertz CT molecular complexity index is 718. The van der Waals surface area contributed by atoms with Gasteiger partial charge in [-0.25, -0.2) is 0 Å². The van der Waals surface area contributed by atoms with Crippen LogP contribution in [0.5, 0.6) is 0 Å². The number of hydrogen-bond donors (Lipinski definition) is 1. The molecule has 1 aliphatic heterocycles. The lowest BCUT2D eigenvalue weighted by Crippen LogP contribution is -2.53. The van der Waals surface area contributed by atoms with Crippen molar-refractivity contribution in [1.82, 2.24) is 5.32 Å². The molecule has 1 amide bonds. The van der Waals surface area contributed by atoms with E-state index in [0.29, 0.717) is 17.8 Å². The molecule has 3 atom stereocenters. The number of ether oxygens (including phenoxy) is 1. The third kappa shape index (κ3) is 1.97. The molecule has 1 aliphatic carbocycles. The molecular weight excluding hydrogens is 266 g/mol. The van der Waals surface area contributed by atoms with E-state index in [2.05, 4.69) is 11.4 Å². The van der Waals surface area contributed by atoms with Crippen LogP contribution < -0.4 is 5.32 Å². The van der Waals surface area contributed by atoms with Crippen LogP contribution in [0, 0.1) is 19.8 Å². The topological polar surface area (TPSA) is 51.5 Å². The molecule has 4 rings (SSSR count). The smallest absolute Gasteiger partial charge is 0.287 e. The van der Waals surface area contributed by atoms with Crippen molar-refractivity contribution in [3.8, 4) is 0 Å². The molecule has 2 fully saturated rings. The minimum atomic E-state index is -0.100. The fourth-order valence-electron chi connectivity index (χ4n) is 3.55. The Balaban J connectivity index is 1.58. The number of benzene rings is 1. The zero-order chi connectivity index (χ0) is 14.6. The molecule has 2 heterocycles. The van der Waals surface area contributed by atoms with Crippen molar-refractivity contribution in [3.63, 3.8) is 0 Å². The van der Waals surface area contributed by atoms with Crippen LogP contribution in [0.15, 0.2) is 22.6 Å². The Morgan fingerprint density at radius 3 is 3.00 bits per heavy atom. The highest BCUT2D eigenvalue weighted by Crippen LogP contribution is 2.38. The van der Waals surface area contributed by atoms with Gasteiger partial charge >= 0.3 is 0 Å². The van der Waals surface area contributed by atoms with Gasteiger partial charge in [0.05, 0.1) is 6.10 Å². The fourth-order valence-corrected chi connectivity index (χ4v) is 3.55. The largest absolute Gasteiger partial charge is 0.451 e. The van der Waals surface area contributed by atoms with Gasteiger partial charge in [-0.1, -0.05) is 11.6 Å². The predicted octanol–water partition coefficient (Wildman–Crippen LogP) is 2.96. The van der Waals surface area contributed by atoms with E-state index in [0.717, 1.165) is 36.0 Å². The molecule has 110 valence electrons. The number of amides is 1. The minimum absolute atomic E-state index is 0.100. The summed E-state index contributed by atoms with van der Waals surface area (Å²) in [6.07, 6.45) is 2.33. The lowest BCUT2D eigenvalue weighted by molar-refractivity contribution is 0.00774. The average molecular weight is 285 g/mol. The summed E-state index contributed by atoms with van der Waals surface area (Å²) in [4.78, 5) is 12.5. The number of nitrogens with one attached hydrogen (secondary N) is 1. The first-order chi connectivity index (χ1) is 10.1. The highest BCUT2D eigenvalue weighted by molar-refractivity contribution is 5.99. The van der Waals surface area contributed by atoms with E-state index in [4.69, 9.17) is 9.15 Å². The first-order valence-corrected chi connectivity index (χ1v) is 7.55. The summed E-state index contributed by atoms with van der Waals surface area (Å²) < 4.78 is 11.3. The second-order valence-electron chi connectivity index (χ2n) is 6.23. The van der Waals surface area contributed by atoms with Crippen molar-refractivity contribution in [1.29, 1.82) is 0 Å². The summed E-state index contributed by atoms with van der Waals surface area (Å²) in [6.45, 7) is 4.81. The molecule has 1 aromatic carbocycles. The molecule has 0 unspecified atom stereocenters. The molecule has 0 radical (unpaired) electrons. The van der Waals surface area contributed by atoms with Crippen molar-refractivity contribution in [3.05, 3.63) is 35.1 Å². The molecule has 2 aromatic rings. The van der Waals surface area contributed by atoms with Gasteiger partial charge in [0.15, 0.2) is 5.76 Å². The van der Waals surface area contributed by atoms with Crippen LogP contribution in [0.25, 0.3) is 11.0 Å². The molecule has 1 saturated heterocycles. The molecule has 2 aliphatic rings. The van der Waals surface area contributed by atoms with Crippen LogP contribution in [0.2, 0.25) is 0 Å². The summed E-state index contributed by atoms with van der Waals surface area (Å²) in [5, 5.41) is 4.13. The number of fused-ring (bicyclic) bond motifs is 2. The zero-order valence-corrected chi connectivity index (χ0v) is 12.3. The highest BCUT2D eigenvalue weighted by atomic mass is 16.5. The lowest BCUT2D eigenvalue weighted by Gasteiger charge is -2.39. The normalized spacial score (nSPS) is 27.4. The maximum atomic E-state index is 12.5. The van der Waals surface area contributed by atoms with E-state index in [1.165, 1.54) is 5.56 Å². The van der Waals surface area contributed by atoms with Crippen molar-refractivity contribution >= 4 is 16.9 Å². The number of aryl methyl sites for hydroxylation is 2. The van der Waals surface area contributed by atoms with Crippen LogP contribution in [0.4, 0.5) is 0 Å². The van der Waals surface area contributed by atoms with Gasteiger partial charge in [-0.05, 0) is 38.8 Å². The summed E-state index contributed by atoms with van der Waals surface area (Å²) in [6, 6.07) is 6.23. The van der Waals surface area contributed by atoms with Gasteiger partial charge in [-0.15, -0.1) is 0 Å². The number of rotatable bonds is 2. The van der Waals surface area contributed by atoms with E-state index in [1.807, 2.05) is 26.0 Å². The van der Waals surface area contributed by atoms with E-state index in [-0.39, 0.29) is 11.9 Å². The Kier molecular flexibility index (Phi) is 2.82. The number of carbonyl (C=O) groups excluding carboxylic acids is 1. The molecular formula is C17H19NO3. The SMILES string of the molecule is Cc1ccc2oc(C(=O)N[C@H]3C[C@@H]4OCC[C@H]34)c(C)c2c1. The fraction of sp³-hybridized carbons (Fsp3) is 0.471. The predicted molar refractivity (Wildman–Crippen MR) is 79.4 cm³/mol. The standard InChI is InChI=1S/C17H19NO3/c1-9-3-4-14-12(7-9)10(2)16(21-14)17(19)18-13-8-15-11(13)5-6-20-15/h3-4,7,11,13,15H,5-6,8H2,1-2H3,(H,18,19)/t11-,13+,15+/m1/s1. The van der Waals surface area contributed by atoms with Gasteiger partial charge < -0.3 is 14.5 Å². The Morgan fingerprint density at radius 1 is 1.33 bits per heavy atom. The molecule has 1 N–H and O–H groups in total. The summed E-state index contributed by atoms with van der Waals surface area (Å²) in [7, 11) is 0. The lowest BCUT2D eigenvalue weighted by atomic mass is 9.76. The van der Waals surface area contributed by atoms with Crippen LogP contribution in [-0.2, 0) is 4.74 Å². The summed E-state index contributed by atoms with van der Waals surface area (Å²) >= 11 is 0. The van der Waals surface area contributed by atoms with Gasteiger partial charge in [0.1, 0.15) is 5.58 Å². The van der Waals surface area contributed by atoms with Crippen LogP contribution in [0.3, 0.4) is 0 Å². The summed E-state index contributed by atoms with van der Waals surface area (Å²) in [5.41, 5.74) is 2.87.